The van der Waals surface area contributed by atoms with Gasteiger partial charge in [-0.3, -0.25) is 10.2 Å². The van der Waals surface area contributed by atoms with Crippen LogP contribution in [0.2, 0.25) is 5.02 Å². The second-order valence-electron chi connectivity index (χ2n) is 5.02. The molecule has 5 heteroatoms. The molecule has 4 nitrogen and oxygen atoms in total. The molecule has 5 N–H and O–H groups in total. The standard InChI is InChI=1S/C18H18ClN3O/c19-16-10-14(15(11-20)12-21)7-8-17(16)22-18(23)9-6-13-4-2-1-3-5-13/h1-5,7-8,10-12,20H,6,9,21H2,(H,22,23)/p+1/b15-12+,20-11?. The fraction of sp³-hybridized carbons (Fsp3) is 0.111. The Hall–Kier alpha value is -2.59. The fourth-order valence-corrected chi connectivity index (χ4v) is 2.39. The first-order valence-electron chi connectivity index (χ1n) is 7.24. The van der Waals surface area contributed by atoms with Crippen molar-refractivity contribution in [3.8, 4) is 0 Å². The van der Waals surface area contributed by atoms with Crippen molar-refractivity contribution in [1.29, 1.82) is 0 Å². The van der Waals surface area contributed by atoms with Crippen molar-refractivity contribution >= 4 is 35.0 Å². The van der Waals surface area contributed by atoms with Crippen molar-refractivity contribution in [3.05, 3.63) is 70.9 Å². The van der Waals surface area contributed by atoms with Crippen molar-refractivity contribution < 1.29 is 10.2 Å². The van der Waals surface area contributed by atoms with Gasteiger partial charge in [0.2, 0.25) is 5.91 Å². The van der Waals surface area contributed by atoms with Crippen LogP contribution in [-0.2, 0) is 11.2 Å². The van der Waals surface area contributed by atoms with Crippen LogP contribution in [0.3, 0.4) is 0 Å². The Morgan fingerprint density at radius 3 is 2.57 bits per heavy atom. The maximum Gasteiger partial charge on any atom is 0.224 e. The minimum Gasteiger partial charge on any atom is -0.404 e. The molecule has 0 aliphatic heterocycles. The third kappa shape index (κ3) is 4.69. The van der Waals surface area contributed by atoms with E-state index in [4.69, 9.17) is 22.7 Å². The number of hydrogen-bond donors (Lipinski definition) is 3. The molecule has 0 radical (unpaired) electrons. The summed E-state index contributed by atoms with van der Waals surface area (Å²) in [4.78, 5) is 12.0. The molecule has 0 aliphatic carbocycles. The van der Waals surface area contributed by atoms with E-state index in [0.29, 0.717) is 29.1 Å². The maximum absolute atomic E-state index is 12.0. The van der Waals surface area contributed by atoms with Crippen molar-refractivity contribution in [1.82, 2.24) is 0 Å². The Morgan fingerprint density at radius 1 is 1.22 bits per heavy atom. The molecule has 0 atom stereocenters. The Kier molecular flexibility index (Phi) is 5.94. The average molecular weight is 329 g/mol. The molecule has 2 aromatic carbocycles. The van der Waals surface area contributed by atoms with Gasteiger partial charge < -0.3 is 11.1 Å². The molecule has 0 saturated heterocycles. The molecule has 0 saturated carbocycles. The van der Waals surface area contributed by atoms with E-state index in [2.05, 4.69) is 5.32 Å². The topological polar surface area (TPSA) is 80.7 Å². The SMILES string of the molecule is N/C=C(\C=[NH2+])c1ccc(NC(=O)CCc2ccccc2)c(Cl)c1. The van der Waals surface area contributed by atoms with Gasteiger partial charge in [-0.25, -0.2) is 0 Å². The van der Waals surface area contributed by atoms with Crippen molar-refractivity contribution in [2.75, 3.05) is 5.32 Å². The van der Waals surface area contributed by atoms with Gasteiger partial charge in [0.25, 0.3) is 0 Å². The molecule has 23 heavy (non-hydrogen) atoms. The summed E-state index contributed by atoms with van der Waals surface area (Å²) in [5.74, 6) is -0.0801. The lowest BCUT2D eigenvalue weighted by Crippen LogP contribution is -2.30. The first-order valence-corrected chi connectivity index (χ1v) is 7.62. The molecular formula is C18H19ClN3O+. The molecule has 118 valence electrons. The largest absolute Gasteiger partial charge is 0.404 e. The first-order chi connectivity index (χ1) is 11.1. The highest BCUT2D eigenvalue weighted by Crippen LogP contribution is 2.25. The first kappa shape index (κ1) is 16.8. The molecule has 2 rings (SSSR count). The fourth-order valence-electron chi connectivity index (χ4n) is 2.16. The number of allylic oxidation sites excluding steroid dienone is 1. The van der Waals surface area contributed by atoms with Crippen LogP contribution in [0.25, 0.3) is 5.57 Å². The number of anilines is 1. The lowest BCUT2D eigenvalue weighted by Gasteiger charge is -2.09. The third-order valence-corrected chi connectivity index (χ3v) is 3.73. The van der Waals surface area contributed by atoms with Gasteiger partial charge in [0.15, 0.2) is 6.21 Å². The number of carbonyl (C=O) groups is 1. The second kappa shape index (κ2) is 8.15. The number of aryl methyl sites for hydroxylation is 1. The van der Waals surface area contributed by atoms with Crippen molar-refractivity contribution in [3.63, 3.8) is 0 Å². The normalized spacial score (nSPS) is 11.1. The van der Waals surface area contributed by atoms with E-state index in [1.807, 2.05) is 30.3 Å². The van der Waals surface area contributed by atoms with E-state index in [1.54, 1.807) is 18.2 Å². The summed E-state index contributed by atoms with van der Waals surface area (Å²) in [6, 6.07) is 15.1. The number of carbonyl (C=O) groups excluding carboxylic acids is 1. The predicted octanol–water partition coefficient (Wildman–Crippen LogP) is 2.04. The van der Waals surface area contributed by atoms with Crippen LogP contribution >= 0.6 is 11.6 Å². The zero-order valence-corrected chi connectivity index (χ0v) is 13.4. The highest BCUT2D eigenvalue weighted by atomic mass is 35.5. The van der Waals surface area contributed by atoms with Gasteiger partial charge in [-0.05, 0) is 29.7 Å². The molecule has 0 fully saturated rings. The lowest BCUT2D eigenvalue weighted by atomic mass is 10.1. The van der Waals surface area contributed by atoms with Gasteiger partial charge in [-0.15, -0.1) is 0 Å². The van der Waals surface area contributed by atoms with Gasteiger partial charge in [-0.1, -0.05) is 48.0 Å². The molecule has 0 aromatic heterocycles. The van der Waals surface area contributed by atoms with Gasteiger partial charge in [0, 0.05) is 12.6 Å². The molecule has 0 heterocycles. The van der Waals surface area contributed by atoms with Crippen molar-refractivity contribution in [2.24, 2.45) is 5.73 Å². The summed E-state index contributed by atoms with van der Waals surface area (Å²) >= 11 is 6.21. The molecule has 0 unspecified atom stereocenters. The predicted molar refractivity (Wildman–Crippen MR) is 95.0 cm³/mol. The summed E-state index contributed by atoms with van der Waals surface area (Å²) in [6.07, 6.45) is 3.89. The van der Waals surface area contributed by atoms with Gasteiger partial charge in [0.1, 0.15) is 0 Å². The Labute approximate surface area is 140 Å². The van der Waals surface area contributed by atoms with E-state index >= 15 is 0 Å². The van der Waals surface area contributed by atoms with Crippen LogP contribution in [0.4, 0.5) is 5.69 Å². The molecule has 0 bridgehead atoms. The van der Waals surface area contributed by atoms with E-state index < -0.39 is 0 Å². The zero-order valence-electron chi connectivity index (χ0n) is 12.6. The quantitative estimate of drug-likeness (QED) is 0.709. The Balaban J connectivity index is 1.99. The average Bonchev–Trinajstić information content (AvgIpc) is 2.57. The number of hydrogen-bond acceptors (Lipinski definition) is 2. The van der Waals surface area contributed by atoms with Gasteiger partial charge >= 0.3 is 0 Å². The molecule has 0 spiro atoms. The van der Waals surface area contributed by atoms with Crippen LogP contribution in [0, 0.1) is 0 Å². The van der Waals surface area contributed by atoms with E-state index in [9.17, 15) is 4.79 Å². The smallest absolute Gasteiger partial charge is 0.224 e. The third-order valence-electron chi connectivity index (χ3n) is 3.42. The summed E-state index contributed by atoms with van der Waals surface area (Å²) in [7, 11) is 0. The molecular weight excluding hydrogens is 310 g/mol. The van der Waals surface area contributed by atoms with E-state index in [-0.39, 0.29) is 5.91 Å². The van der Waals surface area contributed by atoms with Crippen molar-refractivity contribution in [2.45, 2.75) is 12.8 Å². The van der Waals surface area contributed by atoms with E-state index in [1.165, 1.54) is 12.4 Å². The molecule has 1 amide bonds. The Morgan fingerprint density at radius 2 is 1.96 bits per heavy atom. The van der Waals surface area contributed by atoms with Crippen LogP contribution in [-0.4, -0.2) is 12.1 Å². The Bertz CT molecular complexity index is 726. The number of halogens is 1. The van der Waals surface area contributed by atoms with Gasteiger partial charge in [-0.2, -0.15) is 0 Å². The summed E-state index contributed by atoms with van der Waals surface area (Å²) < 4.78 is 0. The van der Waals surface area contributed by atoms with Crippen LogP contribution in [0.1, 0.15) is 17.5 Å². The highest BCUT2D eigenvalue weighted by molar-refractivity contribution is 6.34. The van der Waals surface area contributed by atoms with Crippen LogP contribution < -0.4 is 16.5 Å². The summed E-state index contributed by atoms with van der Waals surface area (Å²) in [6.45, 7) is 0. The minimum atomic E-state index is -0.0801. The van der Waals surface area contributed by atoms with Crippen LogP contribution in [0.15, 0.2) is 54.7 Å². The number of nitrogens with two attached hydrogens (primary N) is 2. The maximum atomic E-state index is 12.0. The molecule has 2 aromatic rings. The number of amides is 1. The summed E-state index contributed by atoms with van der Waals surface area (Å²) in [5.41, 5.74) is 8.66. The number of benzene rings is 2. The highest BCUT2D eigenvalue weighted by Gasteiger charge is 2.09. The van der Waals surface area contributed by atoms with Crippen LogP contribution in [0.5, 0.6) is 0 Å². The molecule has 0 aliphatic rings. The minimum absolute atomic E-state index is 0.0801. The monoisotopic (exact) mass is 328 g/mol. The second-order valence-corrected chi connectivity index (χ2v) is 5.42. The zero-order chi connectivity index (χ0) is 16.7. The summed E-state index contributed by atoms with van der Waals surface area (Å²) in [5, 5.41) is 8.75. The lowest BCUT2D eigenvalue weighted by molar-refractivity contribution is -0.116. The number of nitrogens with one attached hydrogen (secondary N) is 1. The van der Waals surface area contributed by atoms with Gasteiger partial charge in [0.05, 0.1) is 16.3 Å². The van der Waals surface area contributed by atoms with E-state index in [0.717, 1.165) is 11.1 Å². The number of rotatable bonds is 6.